The average Bonchev–Trinajstić information content (AvgIpc) is 2.57. The minimum absolute atomic E-state index is 0.0428. The van der Waals surface area contributed by atoms with Gasteiger partial charge in [-0.15, -0.1) is 0 Å². The third-order valence-electron chi connectivity index (χ3n) is 8.04. The van der Waals surface area contributed by atoms with E-state index in [2.05, 4.69) is 19.9 Å². The molecule has 7 atom stereocenters. The highest BCUT2D eigenvalue weighted by Gasteiger charge is 2.58. The number of aliphatic hydroxyl groups excluding tert-OH is 4. The van der Waals surface area contributed by atoms with Gasteiger partial charge in [0.05, 0.1) is 25.4 Å². The number of hydrogen-bond donors (Lipinski definition) is 4. The number of hydrogen-bond acceptors (Lipinski definition) is 4. The Morgan fingerprint density at radius 3 is 2.46 bits per heavy atom. The Hall–Kier alpha value is -0.420. The maximum absolute atomic E-state index is 10.5. The predicted octanol–water partition coefficient (Wildman–Crippen LogP) is 2.25. The van der Waals surface area contributed by atoms with Gasteiger partial charge in [-0.1, -0.05) is 32.4 Å². The topological polar surface area (TPSA) is 80.9 Å². The molecule has 2 fully saturated rings. The molecule has 3 rings (SSSR count). The second-order valence-electron chi connectivity index (χ2n) is 9.33. The van der Waals surface area contributed by atoms with Crippen LogP contribution < -0.4 is 0 Å². The molecule has 4 heteroatoms. The zero-order valence-electron chi connectivity index (χ0n) is 15.3. The highest BCUT2D eigenvalue weighted by Crippen LogP contribution is 2.63. The van der Waals surface area contributed by atoms with Crippen molar-refractivity contribution in [3.8, 4) is 0 Å². The lowest BCUT2D eigenvalue weighted by Gasteiger charge is -2.61. The van der Waals surface area contributed by atoms with Gasteiger partial charge in [0, 0.05) is 10.8 Å². The van der Waals surface area contributed by atoms with Gasteiger partial charge in [-0.25, -0.2) is 0 Å². The molecule has 0 spiro atoms. The van der Waals surface area contributed by atoms with Crippen LogP contribution in [0, 0.1) is 28.1 Å². The van der Waals surface area contributed by atoms with E-state index >= 15 is 0 Å². The monoisotopic (exact) mass is 338 g/mol. The Labute approximate surface area is 145 Å². The maximum atomic E-state index is 10.5. The summed E-state index contributed by atoms with van der Waals surface area (Å²) in [5.41, 5.74) is 0.778. The molecule has 138 valence electrons. The van der Waals surface area contributed by atoms with Gasteiger partial charge in [-0.2, -0.15) is 0 Å². The first-order valence-electron chi connectivity index (χ1n) is 9.51. The van der Waals surface area contributed by atoms with E-state index in [0.29, 0.717) is 11.8 Å². The Kier molecular flexibility index (Phi) is 4.66. The summed E-state index contributed by atoms with van der Waals surface area (Å²) in [6, 6.07) is 0. The molecule has 0 amide bonds. The second-order valence-corrected chi connectivity index (χ2v) is 9.33. The molecule has 0 aromatic carbocycles. The number of aliphatic hydroxyl groups is 4. The van der Waals surface area contributed by atoms with Crippen LogP contribution in [0.2, 0.25) is 0 Å². The van der Waals surface area contributed by atoms with E-state index in [0.717, 1.165) is 38.5 Å². The molecule has 0 aliphatic heterocycles. The molecular formula is C20H34O4. The fourth-order valence-electron chi connectivity index (χ4n) is 6.25. The van der Waals surface area contributed by atoms with Gasteiger partial charge in [0.1, 0.15) is 0 Å². The van der Waals surface area contributed by atoms with Crippen LogP contribution in [0.25, 0.3) is 0 Å². The summed E-state index contributed by atoms with van der Waals surface area (Å²) in [5.74, 6) is 0.793. The quantitative estimate of drug-likeness (QED) is 0.595. The SMILES string of the molecule is C[C@]1(CO)[C@H]2CCC3=C[C@@](C)(C(O)CO)CC[C@H]3[C@]2(C)CC[C@H]1O. The van der Waals surface area contributed by atoms with E-state index < -0.39 is 17.6 Å². The summed E-state index contributed by atoms with van der Waals surface area (Å²) in [6.45, 7) is 6.30. The lowest BCUT2D eigenvalue weighted by molar-refractivity contribution is -0.155. The zero-order chi connectivity index (χ0) is 17.8. The molecule has 0 aromatic heterocycles. The molecule has 24 heavy (non-hydrogen) atoms. The van der Waals surface area contributed by atoms with Gasteiger partial charge in [0.25, 0.3) is 0 Å². The number of allylic oxidation sites excluding steroid dienone is 1. The van der Waals surface area contributed by atoms with Crippen LogP contribution in [0.1, 0.15) is 59.3 Å². The van der Waals surface area contributed by atoms with Gasteiger partial charge in [-0.3, -0.25) is 0 Å². The highest BCUT2D eigenvalue weighted by molar-refractivity contribution is 5.25. The molecule has 0 heterocycles. The van der Waals surface area contributed by atoms with E-state index in [4.69, 9.17) is 0 Å². The standard InChI is InChI=1S/C20H34O4/c1-18(17(24)11-21)8-6-14-13(10-18)4-5-15-19(14,2)9-7-16(23)20(15,3)12-22/h10,14-17,21-24H,4-9,11-12H2,1-3H3/t14-,15+,16-,17?,18+,19+,20+/m1/s1. The normalized spacial score (nSPS) is 49.8. The van der Waals surface area contributed by atoms with Crippen LogP contribution in [0.3, 0.4) is 0 Å². The van der Waals surface area contributed by atoms with E-state index in [-0.39, 0.29) is 24.0 Å². The number of rotatable bonds is 3. The lowest BCUT2D eigenvalue weighted by Crippen LogP contribution is -2.58. The summed E-state index contributed by atoms with van der Waals surface area (Å²) in [7, 11) is 0. The van der Waals surface area contributed by atoms with E-state index in [1.54, 1.807) is 0 Å². The summed E-state index contributed by atoms with van der Waals surface area (Å²) < 4.78 is 0. The van der Waals surface area contributed by atoms with Crippen molar-refractivity contribution in [3.05, 3.63) is 11.6 Å². The van der Waals surface area contributed by atoms with Gasteiger partial charge in [0.2, 0.25) is 0 Å². The minimum atomic E-state index is -0.702. The molecule has 3 aliphatic rings. The summed E-state index contributed by atoms with van der Waals surface area (Å²) in [6.07, 6.45) is 6.72. The molecule has 0 radical (unpaired) electrons. The molecule has 3 aliphatic carbocycles. The third-order valence-corrected chi connectivity index (χ3v) is 8.04. The van der Waals surface area contributed by atoms with Crippen LogP contribution >= 0.6 is 0 Å². The van der Waals surface area contributed by atoms with Crippen molar-refractivity contribution >= 4 is 0 Å². The van der Waals surface area contributed by atoms with Crippen LogP contribution in [0.15, 0.2) is 11.6 Å². The van der Waals surface area contributed by atoms with Gasteiger partial charge < -0.3 is 20.4 Å². The van der Waals surface area contributed by atoms with Crippen molar-refractivity contribution in [1.29, 1.82) is 0 Å². The van der Waals surface area contributed by atoms with E-state index in [1.807, 2.05) is 6.92 Å². The minimum Gasteiger partial charge on any atom is -0.396 e. The largest absolute Gasteiger partial charge is 0.396 e. The first kappa shape index (κ1) is 18.4. The fraction of sp³-hybridized carbons (Fsp3) is 0.900. The Bertz CT molecular complexity index is 518. The first-order chi connectivity index (χ1) is 11.2. The van der Waals surface area contributed by atoms with Crippen LogP contribution in [-0.2, 0) is 0 Å². The van der Waals surface area contributed by atoms with Gasteiger partial charge in [-0.05, 0) is 55.8 Å². The molecule has 4 N–H and O–H groups in total. The van der Waals surface area contributed by atoms with Crippen LogP contribution in [0.5, 0.6) is 0 Å². The summed E-state index contributed by atoms with van der Waals surface area (Å²) in [5, 5.41) is 40.2. The Morgan fingerprint density at radius 2 is 1.83 bits per heavy atom. The Morgan fingerprint density at radius 1 is 1.12 bits per heavy atom. The van der Waals surface area contributed by atoms with Crippen molar-refractivity contribution < 1.29 is 20.4 Å². The molecule has 0 aromatic rings. The smallest absolute Gasteiger partial charge is 0.0858 e. The molecule has 2 saturated carbocycles. The molecular weight excluding hydrogens is 304 g/mol. The molecule has 0 bridgehead atoms. The highest BCUT2D eigenvalue weighted by atomic mass is 16.3. The van der Waals surface area contributed by atoms with Crippen LogP contribution in [-0.4, -0.2) is 45.8 Å². The van der Waals surface area contributed by atoms with Crippen molar-refractivity contribution in [2.24, 2.45) is 28.1 Å². The summed E-state index contributed by atoms with van der Waals surface area (Å²) >= 11 is 0. The van der Waals surface area contributed by atoms with Crippen molar-refractivity contribution in [2.45, 2.75) is 71.5 Å². The van der Waals surface area contributed by atoms with Gasteiger partial charge in [0.15, 0.2) is 0 Å². The third kappa shape index (κ3) is 2.49. The second kappa shape index (κ2) is 6.08. The number of fused-ring (bicyclic) bond motifs is 3. The van der Waals surface area contributed by atoms with Crippen molar-refractivity contribution in [3.63, 3.8) is 0 Å². The molecule has 1 unspecified atom stereocenters. The zero-order valence-corrected chi connectivity index (χ0v) is 15.3. The predicted molar refractivity (Wildman–Crippen MR) is 93.3 cm³/mol. The van der Waals surface area contributed by atoms with Gasteiger partial charge >= 0.3 is 0 Å². The average molecular weight is 338 g/mol. The van der Waals surface area contributed by atoms with Crippen molar-refractivity contribution in [2.75, 3.05) is 13.2 Å². The van der Waals surface area contributed by atoms with Crippen molar-refractivity contribution in [1.82, 2.24) is 0 Å². The summed E-state index contributed by atoms with van der Waals surface area (Å²) in [4.78, 5) is 0. The molecule has 4 nitrogen and oxygen atoms in total. The maximum Gasteiger partial charge on any atom is 0.0858 e. The fourth-order valence-corrected chi connectivity index (χ4v) is 6.25. The lowest BCUT2D eigenvalue weighted by atomic mass is 9.44. The Balaban J connectivity index is 1.94. The van der Waals surface area contributed by atoms with E-state index in [9.17, 15) is 20.4 Å². The first-order valence-corrected chi connectivity index (χ1v) is 9.51. The molecule has 0 saturated heterocycles. The van der Waals surface area contributed by atoms with E-state index in [1.165, 1.54) is 5.57 Å². The van der Waals surface area contributed by atoms with Crippen LogP contribution in [0.4, 0.5) is 0 Å².